The number of aldehydes is 1. The smallest absolute Gasteiger partial charge is 0.130 e. The van der Waals surface area contributed by atoms with Crippen LogP contribution in [0.4, 0.5) is 0 Å². The van der Waals surface area contributed by atoms with Crippen LogP contribution in [-0.2, 0) is 4.79 Å². The zero-order valence-corrected chi connectivity index (χ0v) is 9.05. The predicted octanol–water partition coefficient (Wildman–Crippen LogP) is 3.12. The van der Waals surface area contributed by atoms with Crippen LogP contribution in [-0.4, -0.2) is 6.29 Å². The molecule has 1 fully saturated rings. The minimum atomic E-state index is -0.0152. The van der Waals surface area contributed by atoms with Crippen molar-refractivity contribution in [3.05, 3.63) is 23.8 Å². The molecule has 2 aliphatic carbocycles. The number of carbonyl (C=O) groups is 1. The zero-order valence-electron chi connectivity index (χ0n) is 9.05. The highest BCUT2D eigenvalue weighted by atomic mass is 16.1. The number of rotatable bonds is 2. The van der Waals surface area contributed by atoms with Crippen LogP contribution in [0.25, 0.3) is 0 Å². The third-order valence-corrected chi connectivity index (χ3v) is 3.44. The van der Waals surface area contributed by atoms with E-state index in [1.165, 1.54) is 18.4 Å². The van der Waals surface area contributed by atoms with Gasteiger partial charge < -0.3 is 4.79 Å². The van der Waals surface area contributed by atoms with E-state index < -0.39 is 0 Å². The molecule has 1 unspecified atom stereocenters. The lowest BCUT2D eigenvalue weighted by Crippen LogP contribution is -2.25. The maximum absolute atomic E-state index is 10.9. The quantitative estimate of drug-likeness (QED) is 0.483. The van der Waals surface area contributed by atoms with Gasteiger partial charge in [-0.25, -0.2) is 0 Å². The molecule has 0 amide bonds. The van der Waals surface area contributed by atoms with Crippen molar-refractivity contribution in [2.24, 2.45) is 17.3 Å². The van der Waals surface area contributed by atoms with Crippen LogP contribution in [0.5, 0.6) is 0 Å². The summed E-state index contributed by atoms with van der Waals surface area (Å²) in [5.41, 5.74) is 2.81. The van der Waals surface area contributed by atoms with Crippen LogP contribution in [0.2, 0.25) is 0 Å². The Morgan fingerprint density at radius 2 is 2.14 bits per heavy atom. The molecule has 2 aliphatic rings. The van der Waals surface area contributed by atoms with Gasteiger partial charge in [0, 0.05) is 0 Å². The van der Waals surface area contributed by atoms with E-state index >= 15 is 0 Å². The summed E-state index contributed by atoms with van der Waals surface area (Å²) >= 11 is 0. The van der Waals surface area contributed by atoms with Gasteiger partial charge in [-0.1, -0.05) is 37.6 Å². The molecule has 2 rings (SSSR count). The Kier molecular flexibility index (Phi) is 2.13. The molecule has 0 aromatic rings. The van der Waals surface area contributed by atoms with E-state index in [0.717, 1.165) is 24.2 Å². The molecule has 1 nitrogen and oxygen atoms in total. The monoisotopic (exact) mass is 190 g/mol. The number of hydrogen-bond acceptors (Lipinski definition) is 1. The number of allylic oxidation sites excluding steroid dienone is 3. The first-order chi connectivity index (χ1) is 6.54. The highest BCUT2D eigenvalue weighted by Gasteiger charge is 2.39. The van der Waals surface area contributed by atoms with Crippen molar-refractivity contribution < 1.29 is 4.79 Å². The third kappa shape index (κ3) is 1.56. The van der Waals surface area contributed by atoms with Crippen LogP contribution in [0.15, 0.2) is 23.8 Å². The zero-order chi connectivity index (χ0) is 10.3. The van der Waals surface area contributed by atoms with Gasteiger partial charge >= 0.3 is 0 Å². The number of hydrogen-bond donors (Lipinski definition) is 0. The van der Waals surface area contributed by atoms with Crippen molar-refractivity contribution in [3.8, 4) is 0 Å². The fourth-order valence-electron chi connectivity index (χ4n) is 2.54. The Balaban J connectivity index is 2.32. The van der Waals surface area contributed by atoms with Crippen LogP contribution in [0.1, 0.15) is 33.1 Å². The van der Waals surface area contributed by atoms with Gasteiger partial charge in [0.2, 0.25) is 0 Å². The molecule has 0 aliphatic heterocycles. The second-order valence-electron chi connectivity index (χ2n) is 5.28. The molecule has 0 heterocycles. The first-order valence-corrected chi connectivity index (χ1v) is 5.40. The summed E-state index contributed by atoms with van der Waals surface area (Å²) in [6.07, 6.45) is 6.79. The topological polar surface area (TPSA) is 17.1 Å². The standard InChI is InChI=1S/C13H18O/c1-9-7-13(2,3)12(10-4-5-10)6-11(9)8-14/h6,8,10-11H,1,4-5,7H2,2-3H3. The first-order valence-electron chi connectivity index (χ1n) is 5.40. The van der Waals surface area contributed by atoms with Gasteiger partial charge in [-0.3, -0.25) is 0 Å². The molecule has 14 heavy (non-hydrogen) atoms. The summed E-state index contributed by atoms with van der Waals surface area (Å²) in [6, 6.07) is 0. The van der Waals surface area contributed by atoms with Crippen molar-refractivity contribution in [1.82, 2.24) is 0 Å². The van der Waals surface area contributed by atoms with Crippen LogP contribution in [0.3, 0.4) is 0 Å². The van der Waals surface area contributed by atoms with Gasteiger partial charge in [-0.15, -0.1) is 0 Å². The maximum Gasteiger partial charge on any atom is 0.130 e. The Hall–Kier alpha value is -0.850. The number of carbonyl (C=O) groups excluding carboxylic acids is 1. The molecule has 0 aromatic carbocycles. The normalized spacial score (nSPS) is 31.1. The van der Waals surface area contributed by atoms with E-state index in [4.69, 9.17) is 0 Å². The largest absolute Gasteiger partial charge is 0.302 e. The van der Waals surface area contributed by atoms with Crippen molar-refractivity contribution in [2.45, 2.75) is 33.1 Å². The van der Waals surface area contributed by atoms with Gasteiger partial charge in [0.05, 0.1) is 5.92 Å². The fourth-order valence-corrected chi connectivity index (χ4v) is 2.54. The van der Waals surface area contributed by atoms with Gasteiger partial charge in [-0.2, -0.15) is 0 Å². The summed E-state index contributed by atoms with van der Waals surface area (Å²) in [5.74, 6) is 0.749. The molecular formula is C13H18O. The third-order valence-electron chi connectivity index (χ3n) is 3.44. The van der Waals surface area contributed by atoms with Gasteiger partial charge in [0.1, 0.15) is 6.29 Å². The summed E-state index contributed by atoms with van der Waals surface area (Å²) in [4.78, 5) is 10.9. The molecule has 76 valence electrons. The molecular weight excluding hydrogens is 172 g/mol. The average molecular weight is 190 g/mol. The van der Waals surface area contributed by atoms with E-state index in [9.17, 15) is 4.79 Å². The lowest BCUT2D eigenvalue weighted by molar-refractivity contribution is -0.109. The Morgan fingerprint density at radius 3 is 2.64 bits per heavy atom. The lowest BCUT2D eigenvalue weighted by atomic mass is 9.69. The van der Waals surface area contributed by atoms with E-state index in [-0.39, 0.29) is 11.3 Å². The Morgan fingerprint density at radius 1 is 1.50 bits per heavy atom. The minimum absolute atomic E-state index is 0.0152. The molecule has 1 saturated carbocycles. The molecule has 0 aromatic heterocycles. The highest BCUT2D eigenvalue weighted by molar-refractivity contribution is 5.63. The second-order valence-corrected chi connectivity index (χ2v) is 5.28. The van der Waals surface area contributed by atoms with Crippen molar-refractivity contribution in [3.63, 3.8) is 0 Å². The summed E-state index contributed by atoms with van der Waals surface area (Å²) < 4.78 is 0. The van der Waals surface area contributed by atoms with E-state index in [0.29, 0.717) is 0 Å². The average Bonchev–Trinajstić information content (AvgIpc) is 2.86. The highest BCUT2D eigenvalue weighted by Crippen LogP contribution is 2.51. The summed E-state index contributed by atoms with van der Waals surface area (Å²) in [7, 11) is 0. The predicted molar refractivity (Wildman–Crippen MR) is 57.9 cm³/mol. The van der Waals surface area contributed by atoms with Crippen molar-refractivity contribution in [1.29, 1.82) is 0 Å². The molecule has 0 radical (unpaired) electrons. The van der Waals surface area contributed by atoms with Gasteiger partial charge in [-0.05, 0) is 30.6 Å². The molecule has 0 N–H and O–H groups in total. The SMILES string of the molecule is C=C1CC(C)(C)C(C2CC2)=CC1C=O. The second kappa shape index (κ2) is 3.08. The van der Waals surface area contributed by atoms with Crippen LogP contribution >= 0.6 is 0 Å². The molecule has 0 saturated heterocycles. The Bertz CT molecular complexity index is 305. The van der Waals surface area contributed by atoms with Crippen LogP contribution < -0.4 is 0 Å². The molecule has 0 bridgehead atoms. The first kappa shape index (κ1) is 9.70. The summed E-state index contributed by atoms with van der Waals surface area (Å²) in [5, 5.41) is 0. The van der Waals surface area contributed by atoms with E-state index in [1.54, 1.807) is 0 Å². The Labute approximate surface area is 85.9 Å². The van der Waals surface area contributed by atoms with Crippen molar-refractivity contribution in [2.75, 3.05) is 0 Å². The summed E-state index contributed by atoms with van der Waals surface area (Å²) in [6.45, 7) is 8.53. The molecule has 0 spiro atoms. The fraction of sp³-hybridized carbons (Fsp3) is 0.615. The van der Waals surface area contributed by atoms with Crippen LogP contribution in [0, 0.1) is 17.3 Å². The lowest BCUT2D eigenvalue weighted by Gasteiger charge is -2.35. The molecule has 1 atom stereocenters. The molecule has 1 heteroatoms. The van der Waals surface area contributed by atoms with Crippen molar-refractivity contribution >= 4 is 6.29 Å². The maximum atomic E-state index is 10.9. The van der Waals surface area contributed by atoms with Gasteiger partial charge in [0.25, 0.3) is 0 Å². The van der Waals surface area contributed by atoms with E-state index in [2.05, 4.69) is 26.5 Å². The van der Waals surface area contributed by atoms with Gasteiger partial charge in [0.15, 0.2) is 0 Å². The minimum Gasteiger partial charge on any atom is -0.302 e. The van der Waals surface area contributed by atoms with E-state index in [1.807, 2.05) is 0 Å².